The van der Waals surface area contributed by atoms with Crippen LogP contribution in [0.25, 0.3) is 33.5 Å². The summed E-state index contributed by atoms with van der Waals surface area (Å²) in [5.74, 6) is 1.24. The maximum Gasteiger partial charge on any atom is 0.196 e. The molecule has 0 saturated carbocycles. The van der Waals surface area contributed by atoms with E-state index in [1.54, 1.807) is 0 Å². The highest BCUT2D eigenvalue weighted by Crippen LogP contribution is 2.29. The third-order valence-electron chi connectivity index (χ3n) is 4.34. The van der Waals surface area contributed by atoms with Gasteiger partial charge in [0.05, 0.1) is 11.2 Å². The van der Waals surface area contributed by atoms with Gasteiger partial charge >= 0.3 is 0 Å². The minimum absolute atomic E-state index is 0.163. The van der Waals surface area contributed by atoms with E-state index in [4.69, 9.17) is 15.1 Å². The number of aromatic nitrogens is 2. The molecular weight excluding hydrogens is 312 g/mol. The zero-order valence-corrected chi connectivity index (χ0v) is 14.1. The van der Waals surface area contributed by atoms with Crippen molar-refractivity contribution in [2.45, 2.75) is 12.5 Å². The topological polar surface area (TPSA) is 77.0 Å². The summed E-state index contributed by atoms with van der Waals surface area (Å²) in [6.07, 6.45) is 0.803. The van der Waals surface area contributed by atoms with Gasteiger partial charge in [-0.3, -0.25) is 0 Å². The Labute approximate surface area is 145 Å². The Morgan fingerprint density at radius 3 is 2.72 bits per heavy atom. The van der Waals surface area contributed by atoms with Crippen molar-refractivity contribution in [2.75, 3.05) is 13.6 Å². The predicted octanol–water partition coefficient (Wildman–Crippen LogP) is 3.65. The monoisotopic (exact) mass is 332 g/mol. The van der Waals surface area contributed by atoms with Gasteiger partial charge < -0.3 is 15.5 Å². The van der Waals surface area contributed by atoms with Gasteiger partial charge in [-0.1, -0.05) is 36.4 Å². The lowest BCUT2D eigenvalue weighted by molar-refractivity contribution is 0.600. The average Bonchev–Trinajstić information content (AvgIpc) is 3.09. The summed E-state index contributed by atoms with van der Waals surface area (Å²) < 4.78 is 5.94. The van der Waals surface area contributed by atoms with Crippen LogP contribution in [0, 0.1) is 0 Å². The van der Waals surface area contributed by atoms with Crippen molar-refractivity contribution >= 4 is 21.9 Å². The normalized spacial score (nSPS) is 12.7. The summed E-state index contributed by atoms with van der Waals surface area (Å²) in [6.45, 7) is 0.833. The summed E-state index contributed by atoms with van der Waals surface area (Å²) in [5, 5.41) is 5.17. The zero-order valence-electron chi connectivity index (χ0n) is 14.1. The number of nitrogens with two attached hydrogens (primary N) is 1. The SMILES string of the molecule is CNCCC(N)c1nc(-c2cc3ccccc3o2)nc2ccccc12. The van der Waals surface area contributed by atoms with Gasteiger partial charge in [-0.2, -0.15) is 0 Å². The van der Waals surface area contributed by atoms with E-state index in [0.29, 0.717) is 11.6 Å². The van der Waals surface area contributed by atoms with Gasteiger partial charge in [-0.05, 0) is 38.2 Å². The second-order valence-electron chi connectivity index (χ2n) is 6.10. The molecule has 2 aromatic carbocycles. The summed E-state index contributed by atoms with van der Waals surface area (Å²) in [6, 6.07) is 17.7. The van der Waals surface area contributed by atoms with Crippen molar-refractivity contribution in [1.29, 1.82) is 0 Å². The fourth-order valence-electron chi connectivity index (χ4n) is 3.02. The first-order valence-electron chi connectivity index (χ1n) is 8.42. The molecule has 2 heterocycles. The molecule has 1 atom stereocenters. The summed E-state index contributed by atoms with van der Waals surface area (Å²) >= 11 is 0. The average molecular weight is 332 g/mol. The number of nitrogens with one attached hydrogen (secondary N) is 1. The highest BCUT2D eigenvalue weighted by Gasteiger charge is 2.17. The summed E-state index contributed by atoms with van der Waals surface area (Å²) in [7, 11) is 1.92. The molecule has 4 rings (SSSR count). The molecule has 0 bridgehead atoms. The van der Waals surface area contributed by atoms with Gasteiger partial charge in [0.1, 0.15) is 5.58 Å². The number of fused-ring (bicyclic) bond motifs is 2. The first-order valence-corrected chi connectivity index (χ1v) is 8.42. The molecule has 0 aliphatic heterocycles. The number of furan rings is 1. The van der Waals surface area contributed by atoms with Crippen molar-refractivity contribution in [3.63, 3.8) is 0 Å². The van der Waals surface area contributed by atoms with Crippen molar-refractivity contribution < 1.29 is 4.42 Å². The van der Waals surface area contributed by atoms with Crippen molar-refractivity contribution in [3.8, 4) is 11.6 Å². The van der Waals surface area contributed by atoms with Gasteiger partial charge in [-0.15, -0.1) is 0 Å². The van der Waals surface area contributed by atoms with Crippen LogP contribution < -0.4 is 11.1 Å². The number of nitrogens with zero attached hydrogens (tertiary/aromatic N) is 2. The fourth-order valence-corrected chi connectivity index (χ4v) is 3.02. The molecule has 5 heteroatoms. The lowest BCUT2D eigenvalue weighted by atomic mass is 10.1. The van der Waals surface area contributed by atoms with Gasteiger partial charge in [0.2, 0.25) is 0 Å². The second kappa shape index (κ2) is 6.63. The van der Waals surface area contributed by atoms with Gasteiger partial charge in [0, 0.05) is 16.8 Å². The Kier molecular flexibility index (Phi) is 4.17. The number of hydrogen-bond donors (Lipinski definition) is 2. The Balaban J connectivity index is 1.86. The van der Waals surface area contributed by atoms with E-state index in [-0.39, 0.29) is 6.04 Å². The van der Waals surface area contributed by atoms with Crippen LogP contribution in [0.4, 0.5) is 0 Å². The molecule has 0 aliphatic rings. The molecule has 25 heavy (non-hydrogen) atoms. The van der Waals surface area contributed by atoms with Crippen LogP contribution >= 0.6 is 0 Å². The molecule has 0 spiro atoms. The second-order valence-corrected chi connectivity index (χ2v) is 6.10. The number of benzene rings is 2. The molecule has 0 fully saturated rings. The molecule has 0 amide bonds. The fraction of sp³-hybridized carbons (Fsp3) is 0.200. The third kappa shape index (κ3) is 2.99. The van der Waals surface area contributed by atoms with Crippen LogP contribution in [0.5, 0.6) is 0 Å². The molecule has 126 valence electrons. The molecule has 0 aliphatic carbocycles. The third-order valence-corrected chi connectivity index (χ3v) is 4.34. The van der Waals surface area contributed by atoms with E-state index < -0.39 is 0 Å². The number of para-hydroxylation sites is 2. The summed E-state index contributed by atoms with van der Waals surface area (Å²) in [4.78, 5) is 9.45. The molecule has 2 aromatic heterocycles. The highest BCUT2D eigenvalue weighted by atomic mass is 16.3. The van der Waals surface area contributed by atoms with Crippen molar-refractivity contribution in [3.05, 3.63) is 60.3 Å². The highest BCUT2D eigenvalue weighted by molar-refractivity contribution is 5.85. The Bertz CT molecular complexity index is 991. The van der Waals surface area contributed by atoms with Crippen LogP contribution in [0.3, 0.4) is 0 Å². The lowest BCUT2D eigenvalue weighted by Gasteiger charge is -2.14. The van der Waals surface area contributed by atoms with E-state index >= 15 is 0 Å². The van der Waals surface area contributed by atoms with Crippen LogP contribution in [-0.4, -0.2) is 23.6 Å². The van der Waals surface area contributed by atoms with E-state index in [2.05, 4.69) is 10.3 Å². The minimum atomic E-state index is -0.163. The first kappa shape index (κ1) is 15.7. The smallest absolute Gasteiger partial charge is 0.196 e. The summed E-state index contributed by atoms with van der Waals surface area (Å²) in [5.41, 5.74) is 8.97. The van der Waals surface area contributed by atoms with Gasteiger partial charge in [0.15, 0.2) is 11.6 Å². The molecule has 0 saturated heterocycles. The van der Waals surface area contributed by atoms with Crippen molar-refractivity contribution in [2.24, 2.45) is 5.73 Å². The molecule has 3 N–H and O–H groups in total. The van der Waals surface area contributed by atoms with E-state index in [9.17, 15) is 0 Å². The van der Waals surface area contributed by atoms with Crippen molar-refractivity contribution in [1.82, 2.24) is 15.3 Å². The molecule has 1 unspecified atom stereocenters. The van der Waals surface area contributed by atoms with E-state index in [0.717, 1.165) is 40.5 Å². The van der Waals surface area contributed by atoms with Gasteiger partial charge in [0.25, 0.3) is 0 Å². The van der Waals surface area contributed by atoms with Gasteiger partial charge in [-0.25, -0.2) is 9.97 Å². The van der Waals surface area contributed by atoms with Crippen LogP contribution in [0.1, 0.15) is 18.2 Å². The lowest BCUT2D eigenvalue weighted by Crippen LogP contribution is -2.19. The molecule has 4 aromatic rings. The van der Waals surface area contributed by atoms with E-state index in [1.807, 2.05) is 61.6 Å². The zero-order chi connectivity index (χ0) is 17.2. The van der Waals surface area contributed by atoms with E-state index in [1.165, 1.54) is 0 Å². The van der Waals surface area contributed by atoms with Crippen LogP contribution in [0.15, 0.2) is 59.0 Å². The number of hydrogen-bond acceptors (Lipinski definition) is 5. The van der Waals surface area contributed by atoms with Crippen LogP contribution in [-0.2, 0) is 0 Å². The minimum Gasteiger partial charge on any atom is -0.453 e. The molecule has 0 radical (unpaired) electrons. The number of rotatable bonds is 5. The Morgan fingerprint density at radius 2 is 1.88 bits per heavy atom. The Hall–Kier alpha value is -2.76. The molecule has 5 nitrogen and oxygen atoms in total. The maximum absolute atomic E-state index is 6.41. The predicted molar refractivity (Wildman–Crippen MR) is 100 cm³/mol. The molecular formula is C20H20N4O. The Morgan fingerprint density at radius 1 is 1.08 bits per heavy atom. The van der Waals surface area contributed by atoms with Crippen LogP contribution in [0.2, 0.25) is 0 Å². The largest absolute Gasteiger partial charge is 0.453 e. The maximum atomic E-state index is 6.41. The quantitative estimate of drug-likeness (QED) is 0.583. The standard InChI is InChI=1S/C20H20N4O/c1-22-11-10-15(21)19-14-7-3-4-8-16(14)23-20(24-19)18-12-13-6-2-5-9-17(13)25-18/h2-9,12,15,22H,10-11,21H2,1H3. The first-order chi connectivity index (χ1) is 12.3.